The third-order valence-corrected chi connectivity index (χ3v) is 23.6. The van der Waals surface area contributed by atoms with Gasteiger partial charge < -0.3 is 4.55 Å². The number of unbranched alkanes of at least 4 members (excludes halogenated alkanes) is 15. The van der Waals surface area contributed by atoms with E-state index in [4.69, 9.17) is 18.6 Å². The Morgan fingerprint density at radius 2 is 0.565 bits per heavy atom. The summed E-state index contributed by atoms with van der Waals surface area (Å²) in [7, 11) is -5.29. The van der Waals surface area contributed by atoms with Crippen LogP contribution in [0.5, 0.6) is 0 Å². The van der Waals surface area contributed by atoms with Crippen LogP contribution in [0.1, 0.15) is 110 Å². The van der Waals surface area contributed by atoms with Crippen molar-refractivity contribution in [3.63, 3.8) is 0 Å². The molecule has 0 fully saturated rings. The molecule has 1 N–H and O–H groups in total. The minimum Gasteiger partial charge on any atom is -0.744 e. The Morgan fingerprint density at radius 3 is 0.835 bits per heavy atom. The van der Waals surface area contributed by atoms with Gasteiger partial charge in [0.2, 0.25) is 10.0 Å². The summed E-state index contributed by atoms with van der Waals surface area (Å²) in [5, 5.41) is 14.9. The quantitative estimate of drug-likeness (QED) is 0.00750. The van der Waals surface area contributed by atoms with Gasteiger partial charge in [-0.05, 0) is 158 Å². The third kappa shape index (κ3) is 21.9. The van der Waals surface area contributed by atoms with Crippen molar-refractivity contribution < 1.29 is 69.4 Å². The molecule has 9 aromatic carbocycles. The largest absolute Gasteiger partial charge is 0.744 e. The first-order chi connectivity index (χ1) is 55.9. The molecule has 6 aromatic heterocycles. The number of pyridine rings is 6. The van der Waals surface area contributed by atoms with E-state index in [1.54, 1.807) is 49.1 Å². The van der Waals surface area contributed by atoms with Gasteiger partial charge in [0.25, 0.3) is 0 Å². The fourth-order valence-electron chi connectivity index (χ4n) is 14.3. The van der Waals surface area contributed by atoms with Crippen LogP contribution >= 0.6 is 24.1 Å². The van der Waals surface area contributed by atoms with Crippen molar-refractivity contribution in [2.75, 3.05) is 20.8 Å². The van der Waals surface area contributed by atoms with E-state index < -0.39 is 20.1 Å². The molecule has 0 aliphatic carbocycles. The summed E-state index contributed by atoms with van der Waals surface area (Å²) in [6.07, 6.45) is 31.5. The van der Waals surface area contributed by atoms with Crippen molar-refractivity contribution in [3.8, 4) is 66.8 Å². The van der Waals surface area contributed by atoms with Gasteiger partial charge in [0.05, 0.1) is 81.2 Å². The number of hydrogen-bond acceptors (Lipinski definition) is 19. The fourth-order valence-corrected chi connectivity index (χ4v) is 16.7. The van der Waals surface area contributed by atoms with Crippen molar-refractivity contribution in [3.05, 3.63) is 268 Å². The minimum atomic E-state index is -4.48. The second-order valence-corrected chi connectivity index (χ2v) is 32.2. The van der Waals surface area contributed by atoms with E-state index in [1.807, 2.05) is 152 Å². The van der Waals surface area contributed by atoms with Gasteiger partial charge >= 0.3 is 0 Å². The third-order valence-electron chi connectivity index (χ3n) is 20.1. The summed E-state index contributed by atoms with van der Waals surface area (Å²) < 4.78 is 72.4. The predicted octanol–water partition coefficient (Wildman–Crippen LogP) is 23.8. The Hall–Kier alpha value is -9.66. The first kappa shape index (κ1) is 84.7. The van der Waals surface area contributed by atoms with Crippen LogP contribution in [-0.4, -0.2) is 72.1 Å². The number of hydrogen-bond donors (Lipinski definition) is 1. The number of nitrogens with zero attached hydrogens (tertiary/aromatic N) is 6. The molecular formula is C92H88N7O11RuS4-. The molecule has 0 aliphatic heterocycles. The number of aromatic nitrogens is 6. The zero-order chi connectivity index (χ0) is 78.9. The van der Waals surface area contributed by atoms with E-state index in [-0.39, 0.29) is 29.3 Å². The maximum absolute atomic E-state index is 13.1. The number of rotatable bonds is 34. The molecule has 0 spiro atoms. The van der Waals surface area contributed by atoms with Crippen LogP contribution in [0, 0.1) is 0 Å². The zero-order valence-corrected chi connectivity index (χ0v) is 69.1. The van der Waals surface area contributed by atoms with Crippen LogP contribution in [0.15, 0.2) is 287 Å². The van der Waals surface area contributed by atoms with E-state index in [0.29, 0.717) is 6.54 Å². The second kappa shape index (κ2) is 42.3. The minimum absolute atomic E-state index is 0. The molecule has 0 unspecified atom stereocenters. The number of sulfonamides is 1. The van der Waals surface area contributed by atoms with Crippen LogP contribution in [0.25, 0.3) is 132 Å². The van der Waals surface area contributed by atoms with E-state index in [0.717, 1.165) is 185 Å². The molecule has 115 heavy (non-hydrogen) atoms. The Morgan fingerprint density at radius 1 is 0.313 bits per heavy atom. The normalized spacial score (nSPS) is 11.6. The molecule has 15 aromatic rings. The van der Waals surface area contributed by atoms with Gasteiger partial charge in [0, 0.05) is 105 Å². The molecule has 15 rings (SSSR count). The summed E-state index contributed by atoms with van der Waals surface area (Å²) in [5.74, 6) is 0. The van der Waals surface area contributed by atoms with Crippen LogP contribution in [0.4, 0.5) is 0 Å². The standard InChI is InChI=1S/C43H55N3O5S2.C25H18N2O3S.C24H16N2O3S.Ru/c1-3-4-5-6-7-8-9-10-11-12-13-14-15-16-17-18-31-46-53(47,48)37-25-21-35(22-26-37)39-30-33-45-43-41(39)28-27-40-38(29-32-44-42(40)43)34-19-23-36(24-20-34)52-51-50-49-2;1-28-29-30-31-19-9-7-18(8-10-19)21-14-16-27-25-23(21)12-11-22-20(13-15-26-24(22)25)17-5-3-2-4-6-17;27-30(28,29)18-8-6-17(7-9-18)20-13-15-26-24-22(20)11-10-21-19(12-14-25-23(21)24)16-4-2-1-3-5-16;/h19-30,32-33,46H,3-18,31H2,1-2H3;2-16H,1H3;1-15H,(H,27,28,29);/p-1. The molecule has 0 aliphatic rings. The summed E-state index contributed by atoms with van der Waals surface area (Å²) in [4.78, 5) is 38.7. The monoisotopic (exact) mass is 1700 g/mol. The predicted molar refractivity (Wildman–Crippen MR) is 457 cm³/mol. The van der Waals surface area contributed by atoms with E-state index in [9.17, 15) is 21.4 Å². The summed E-state index contributed by atoms with van der Waals surface area (Å²) in [6, 6.07) is 73.8. The average molecular weight is 1700 g/mol. The zero-order valence-electron chi connectivity index (χ0n) is 64.1. The van der Waals surface area contributed by atoms with Crippen LogP contribution in [0.3, 0.4) is 0 Å². The van der Waals surface area contributed by atoms with E-state index in [2.05, 4.69) is 106 Å². The molecule has 0 radical (unpaired) electrons. The molecule has 23 heteroatoms. The van der Waals surface area contributed by atoms with Gasteiger partial charge in [-0.15, -0.1) is 8.67 Å². The molecule has 0 saturated heterocycles. The molecule has 0 amide bonds. The number of benzene rings is 9. The van der Waals surface area contributed by atoms with Crippen LogP contribution in [0.2, 0.25) is 0 Å². The molecule has 0 bridgehead atoms. The van der Waals surface area contributed by atoms with E-state index in [1.165, 1.54) is 110 Å². The first-order valence-electron chi connectivity index (χ1n) is 38.4. The van der Waals surface area contributed by atoms with Crippen LogP contribution < -0.4 is 4.72 Å². The first-order valence-corrected chi connectivity index (χ1v) is 42.8. The summed E-state index contributed by atoms with van der Waals surface area (Å²) in [5.41, 5.74) is 17.3. The van der Waals surface area contributed by atoms with Gasteiger partial charge in [-0.1, -0.05) is 259 Å². The average Bonchev–Trinajstić information content (AvgIpc) is 0.768. The Bertz CT molecular complexity index is 5930. The van der Waals surface area contributed by atoms with Crippen LogP contribution in [-0.2, 0) is 68.1 Å². The maximum Gasteiger partial charge on any atom is 0.240 e. The van der Waals surface area contributed by atoms with Gasteiger partial charge in [-0.25, -0.2) is 31.3 Å². The summed E-state index contributed by atoms with van der Waals surface area (Å²) in [6.45, 7) is 2.73. The van der Waals surface area contributed by atoms with E-state index >= 15 is 0 Å². The molecule has 0 saturated carbocycles. The van der Waals surface area contributed by atoms with Crippen molar-refractivity contribution in [2.45, 2.75) is 129 Å². The Kier molecular flexibility index (Phi) is 31.2. The van der Waals surface area contributed by atoms with Crippen molar-refractivity contribution in [1.29, 1.82) is 0 Å². The SMILES string of the molecule is CCCCCCCCCCCCCCCCCCNS(=O)(=O)c1ccc(-c2ccnc3c2ccc2c(-c4ccc(SOOOC)cc4)ccnc23)cc1.COOOSc1ccc(-c2ccnc3c2ccc2c(-c4ccccc4)ccnc23)cc1.O=S(=O)([O-])c1ccc(-c2ccnc3c2ccc2c(-c4ccccc4)ccnc23)cc1.[Ru]. The summed E-state index contributed by atoms with van der Waals surface area (Å²) >= 11 is 2.14. The van der Waals surface area contributed by atoms with Gasteiger partial charge in [0.15, 0.2) is 0 Å². The molecule has 590 valence electrons. The van der Waals surface area contributed by atoms with Gasteiger partial charge in [-0.3, -0.25) is 29.9 Å². The molecule has 6 heterocycles. The molecule has 18 nitrogen and oxygen atoms in total. The van der Waals surface area contributed by atoms with Crippen molar-refractivity contribution in [2.24, 2.45) is 0 Å². The number of fused-ring (bicyclic) bond motifs is 9. The Balaban J connectivity index is 0.000000168. The Labute approximate surface area is 692 Å². The second-order valence-electron chi connectivity index (χ2n) is 27.5. The maximum atomic E-state index is 13.1. The molecule has 0 atom stereocenters. The topological polar surface area (TPSA) is 236 Å². The number of nitrogens with one attached hydrogen (secondary N) is 1. The van der Waals surface area contributed by atoms with Gasteiger partial charge in [-0.2, -0.15) is 0 Å². The van der Waals surface area contributed by atoms with Crippen molar-refractivity contribution in [1.82, 2.24) is 34.6 Å². The smallest absolute Gasteiger partial charge is 0.240 e. The fraction of sp³-hybridized carbons (Fsp3) is 0.217. The van der Waals surface area contributed by atoms with Crippen molar-refractivity contribution >= 4 is 110 Å². The van der Waals surface area contributed by atoms with Gasteiger partial charge in [0.1, 0.15) is 10.1 Å². The molecular weight excluding hydrogens is 1610 g/mol.